The summed E-state index contributed by atoms with van der Waals surface area (Å²) in [4.78, 5) is 10.7. The highest BCUT2D eigenvalue weighted by Gasteiger charge is 2.23. The quantitative estimate of drug-likeness (QED) is 0.853. The Labute approximate surface area is 114 Å². The Morgan fingerprint density at radius 1 is 1.21 bits per heavy atom. The largest absolute Gasteiger partial charge is 0.481 e. The molecule has 0 aromatic heterocycles. The van der Waals surface area contributed by atoms with Crippen molar-refractivity contribution in [1.29, 1.82) is 0 Å². The standard InChI is InChI=1S/C16H22O3/c17-16(18)10-14-7-4-8-15(9-14)12-19-11-13-5-2-1-3-6-13/h1-3,5-6,14-15H,4,7-12H2,(H,17,18). The summed E-state index contributed by atoms with van der Waals surface area (Å²) in [5, 5.41) is 8.85. The fraction of sp³-hybridized carbons (Fsp3) is 0.562. The van der Waals surface area contributed by atoms with Gasteiger partial charge >= 0.3 is 5.97 Å². The smallest absolute Gasteiger partial charge is 0.303 e. The van der Waals surface area contributed by atoms with E-state index in [2.05, 4.69) is 12.1 Å². The summed E-state index contributed by atoms with van der Waals surface area (Å²) in [6, 6.07) is 10.2. The molecule has 1 aliphatic carbocycles. The maximum absolute atomic E-state index is 10.7. The van der Waals surface area contributed by atoms with E-state index in [-0.39, 0.29) is 0 Å². The molecule has 3 heteroatoms. The lowest BCUT2D eigenvalue weighted by Crippen LogP contribution is -2.21. The van der Waals surface area contributed by atoms with Crippen LogP contribution < -0.4 is 0 Å². The average molecular weight is 262 g/mol. The normalized spacial score (nSPS) is 23.2. The summed E-state index contributed by atoms with van der Waals surface area (Å²) in [5.41, 5.74) is 1.19. The Morgan fingerprint density at radius 2 is 1.95 bits per heavy atom. The minimum Gasteiger partial charge on any atom is -0.481 e. The van der Waals surface area contributed by atoms with E-state index in [1.165, 1.54) is 12.0 Å². The first-order valence-electron chi connectivity index (χ1n) is 7.07. The van der Waals surface area contributed by atoms with Gasteiger partial charge in [-0.25, -0.2) is 0 Å². The van der Waals surface area contributed by atoms with E-state index in [0.717, 1.165) is 25.9 Å². The number of ether oxygens (including phenoxy) is 1. The van der Waals surface area contributed by atoms with Crippen molar-refractivity contribution in [3.63, 3.8) is 0 Å². The van der Waals surface area contributed by atoms with Gasteiger partial charge in [0, 0.05) is 13.0 Å². The van der Waals surface area contributed by atoms with Crippen LogP contribution in [0.4, 0.5) is 0 Å². The maximum Gasteiger partial charge on any atom is 0.303 e. The van der Waals surface area contributed by atoms with Gasteiger partial charge in [0.2, 0.25) is 0 Å². The second kappa shape index (κ2) is 7.29. The fourth-order valence-corrected chi connectivity index (χ4v) is 2.90. The fourth-order valence-electron chi connectivity index (χ4n) is 2.90. The molecule has 19 heavy (non-hydrogen) atoms. The third kappa shape index (κ3) is 5.03. The van der Waals surface area contributed by atoms with Crippen LogP contribution in [0, 0.1) is 11.8 Å². The molecular weight excluding hydrogens is 240 g/mol. The lowest BCUT2D eigenvalue weighted by molar-refractivity contribution is -0.138. The second-order valence-electron chi connectivity index (χ2n) is 5.50. The molecule has 1 aromatic carbocycles. The van der Waals surface area contributed by atoms with Gasteiger partial charge in [-0.15, -0.1) is 0 Å². The Hall–Kier alpha value is -1.35. The molecule has 1 aliphatic rings. The lowest BCUT2D eigenvalue weighted by atomic mass is 9.80. The summed E-state index contributed by atoms with van der Waals surface area (Å²) >= 11 is 0. The molecule has 0 spiro atoms. The van der Waals surface area contributed by atoms with Gasteiger partial charge in [-0.3, -0.25) is 4.79 Å². The lowest BCUT2D eigenvalue weighted by Gasteiger charge is -2.28. The summed E-state index contributed by atoms with van der Waals surface area (Å²) < 4.78 is 5.77. The van der Waals surface area contributed by atoms with Crippen LogP contribution in [0.3, 0.4) is 0 Å². The number of hydrogen-bond acceptors (Lipinski definition) is 2. The van der Waals surface area contributed by atoms with E-state index < -0.39 is 5.97 Å². The molecule has 1 fully saturated rings. The zero-order valence-corrected chi connectivity index (χ0v) is 11.3. The molecule has 2 rings (SSSR count). The van der Waals surface area contributed by atoms with Gasteiger partial charge in [0.05, 0.1) is 6.61 Å². The molecule has 3 nitrogen and oxygen atoms in total. The molecule has 2 atom stereocenters. The number of carboxylic acid groups (broad SMARTS) is 1. The van der Waals surface area contributed by atoms with Gasteiger partial charge in [0.1, 0.15) is 0 Å². The molecule has 0 bridgehead atoms. The zero-order valence-electron chi connectivity index (χ0n) is 11.3. The van der Waals surface area contributed by atoms with E-state index in [0.29, 0.717) is 24.9 Å². The second-order valence-corrected chi connectivity index (χ2v) is 5.50. The highest BCUT2D eigenvalue weighted by atomic mass is 16.5. The molecule has 0 radical (unpaired) electrons. The van der Waals surface area contributed by atoms with E-state index in [1.807, 2.05) is 18.2 Å². The van der Waals surface area contributed by atoms with Gasteiger partial charge in [-0.2, -0.15) is 0 Å². The first kappa shape index (κ1) is 14.1. The topological polar surface area (TPSA) is 46.5 Å². The van der Waals surface area contributed by atoms with Gasteiger partial charge in [-0.05, 0) is 36.7 Å². The van der Waals surface area contributed by atoms with Crippen LogP contribution in [-0.2, 0) is 16.1 Å². The first-order valence-corrected chi connectivity index (χ1v) is 7.07. The predicted molar refractivity (Wildman–Crippen MR) is 73.8 cm³/mol. The number of benzene rings is 1. The van der Waals surface area contributed by atoms with Crippen molar-refractivity contribution in [1.82, 2.24) is 0 Å². The van der Waals surface area contributed by atoms with Crippen molar-refractivity contribution < 1.29 is 14.6 Å². The monoisotopic (exact) mass is 262 g/mol. The first-order chi connectivity index (χ1) is 9.24. The van der Waals surface area contributed by atoms with E-state index >= 15 is 0 Å². The molecule has 1 N–H and O–H groups in total. The predicted octanol–water partition coefficient (Wildman–Crippen LogP) is 3.48. The van der Waals surface area contributed by atoms with Crippen LogP contribution in [0.1, 0.15) is 37.7 Å². The Kier molecular flexibility index (Phi) is 5.40. The van der Waals surface area contributed by atoms with Crippen molar-refractivity contribution in [3.05, 3.63) is 35.9 Å². The number of hydrogen-bond donors (Lipinski definition) is 1. The summed E-state index contributed by atoms with van der Waals surface area (Å²) in [5.74, 6) is 0.203. The van der Waals surface area contributed by atoms with E-state index in [9.17, 15) is 4.79 Å². The number of rotatable bonds is 6. The minimum absolute atomic E-state index is 0.315. The summed E-state index contributed by atoms with van der Waals surface area (Å²) in [6.07, 6.45) is 4.68. The highest BCUT2D eigenvalue weighted by molar-refractivity contribution is 5.67. The third-order valence-electron chi connectivity index (χ3n) is 3.82. The molecule has 0 amide bonds. The van der Waals surface area contributed by atoms with Crippen LogP contribution in [-0.4, -0.2) is 17.7 Å². The van der Waals surface area contributed by atoms with Crippen LogP contribution >= 0.6 is 0 Å². The molecule has 0 heterocycles. The van der Waals surface area contributed by atoms with E-state index in [1.54, 1.807) is 0 Å². The molecule has 0 saturated heterocycles. The van der Waals surface area contributed by atoms with Gasteiger partial charge in [-0.1, -0.05) is 36.8 Å². The van der Waals surface area contributed by atoms with Crippen LogP contribution in [0.25, 0.3) is 0 Å². The highest BCUT2D eigenvalue weighted by Crippen LogP contribution is 2.31. The minimum atomic E-state index is -0.671. The van der Waals surface area contributed by atoms with Crippen LogP contribution in [0.15, 0.2) is 30.3 Å². The maximum atomic E-state index is 10.7. The average Bonchev–Trinajstić information content (AvgIpc) is 2.40. The Balaban J connectivity index is 1.69. The molecule has 104 valence electrons. The number of carboxylic acids is 1. The summed E-state index contributed by atoms with van der Waals surface area (Å²) in [6.45, 7) is 1.41. The molecule has 2 unspecified atom stereocenters. The number of carbonyl (C=O) groups is 1. The van der Waals surface area contributed by atoms with Crippen molar-refractivity contribution in [2.24, 2.45) is 11.8 Å². The van der Waals surface area contributed by atoms with Crippen LogP contribution in [0.5, 0.6) is 0 Å². The van der Waals surface area contributed by atoms with Crippen molar-refractivity contribution in [2.45, 2.75) is 38.7 Å². The SMILES string of the molecule is O=C(O)CC1CCCC(COCc2ccccc2)C1. The van der Waals surface area contributed by atoms with Gasteiger partial charge in [0.15, 0.2) is 0 Å². The molecular formula is C16H22O3. The number of aliphatic carboxylic acids is 1. The Morgan fingerprint density at radius 3 is 2.68 bits per heavy atom. The van der Waals surface area contributed by atoms with Crippen molar-refractivity contribution >= 4 is 5.97 Å². The van der Waals surface area contributed by atoms with Crippen molar-refractivity contribution in [3.8, 4) is 0 Å². The van der Waals surface area contributed by atoms with Crippen LogP contribution in [0.2, 0.25) is 0 Å². The summed E-state index contributed by atoms with van der Waals surface area (Å²) in [7, 11) is 0. The van der Waals surface area contributed by atoms with Gasteiger partial charge in [0.25, 0.3) is 0 Å². The van der Waals surface area contributed by atoms with Gasteiger partial charge < -0.3 is 9.84 Å². The van der Waals surface area contributed by atoms with Crippen molar-refractivity contribution in [2.75, 3.05) is 6.61 Å². The molecule has 0 aliphatic heterocycles. The third-order valence-corrected chi connectivity index (χ3v) is 3.82. The molecule has 1 saturated carbocycles. The van der Waals surface area contributed by atoms with E-state index in [4.69, 9.17) is 9.84 Å². The zero-order chi connectivity index (χ0) is 13.5. The molecule has 1 aromatic rings. The Bertz CT molecular complexity index is 388.